The summed E-state index contributed by atoms with van der Waals surface area (Å²) in [6, 6.07) is 77.6. The SMILES string of the molecule is c1ccc(-c2ccc(N(c3ccc(-c4ccc(-n5c6ccccc6c6cc7c(cc65)Oc5ccccc5O7)cc4)cc3)c3cc4ccccc4c4ccccc34)cc2)cc1. The van der Waals surface area contributed by atoms with Gasteiger partial charge < -0.3 is 18.9 Å². The first-order valence-electron chi connectivity index (χ1n) is 20.3. The number of benzene rings is 10. The van der Waals surface area contributed by atoms with Gasteiger partial charge in [-0.15, -0.1) is 0 Å². The first-order valence-corrected chi connectivity index (χ1v) is 20.3. The van der Waals surface area contributed by atoms with Gasteiger partial charge in [0.1, 0.15) is 0 Å². The Morgan fingerprint density at radius 2 is 0.817 bits per heavy atom. The highest BCUT2D eigenvalue weighted by atomic mass is 16.6. The monoisotopic (exact) mass is 768 g/mol. The average molecular weight is 769 g/mol. The minimum atomic E-state index is 0.708. The molecule has 0 amide bonds. The average Bonchev–Trinajstić information content (AvgIpc) is 3.64. The van der Waals surface area contributed by atoms with Gasteiger partial charge in [0.15, 0.2) is 23.0 Å². The Kier molecular flexibility index (Phi) is 7.82. The van der Waals surface area contributed by atoms with Crippen LogP contribution in [0.5, 0.6) is 23.0 Å². The van der Waals surface area contributed by atoms with Crippen LogP contribution in [0.3, 0.4) is 0 Å². The zero-order chi connectivity index (χ0) is 39.6. The Hall–Kier alpha value is -8.08. The summed E-state index contributed by atoms with van der Waals surface area (Å²) >= 11 is 0. The molecule has 12 rings (SSSR count). The van der Waals surface area contributed by atoms with Gasteiger partial charge >= 0.3 is 0 Å². The number of anilines is 3. The molecule has 1 aliphatic heterocycles. The Bertz CT molecular complexity index is 3410. The van der Waals surface area contributed by atoms with Gasteiger partial charge in [0.05, 0.1) is 16.7 Å². The normalized spacial score (nSPS) is 11.9. The van der Waals surface area contributed by atoms with E-state index in [1.807, 2.05) is 24.3 Å². The van der Waals surface area contributed by atoms with Gasteiger partial charge in [-0.05, 0) is 105 Å². The molecule has 0 N–H and O–H groups in total. The smallest absolute Gasteiger partial charge is 0.172 e. The Morgan fingerprint density at radius 1 is 0.317 bits per heavy atom. The van der Waals surface area contributed by atoms with Crippen molar-refractivity contribution in [2.45, 2.75) is 0 Å². The van der Waals surface area contributed by atoms with Crippen LogP contribution in [0.4, 0.5) is 17.1 Å². The lowest BCUT2D eigenvalue weighted by Gasteiger charge is -2.28. The Morgan fingerprint density at radius 3 is 1.48 bits per heavy atom. The molecule has 10 aromatic carbocycles. The van der Waals surface area contributed by atoms with Crippen molar-refractivity contribution in [2.75, 3.05) is 4.90 Å². The third kappa shape index (κ3) is 5.61. The van der Waals surface area contributed by atoms with Crippen LogP contribution in [0.25, 0.3) is 71.3 Å². The molecule has 282 valence electrons. The Balaban J connectivity index is 0.929. The van der Waals surface area contributed by atoms with E-state index in [0.29, 0.717) is 5.75 Å². The molecule has 1 aliphatic rings. The van der Waals surface area contributed by atoms with Gasteiger partial charge in [-0.2, -0.15) is 0 Å². The van der Waals surface area contributed by atoms with Crippen LogP contribution in [-0.2, 0) is 0 Å². The van der Waals surface area contributed by atoms with E-state index in [-0.39, 0.29) is 0 Å². The first-order chi connectivity index (χ1) is 29.7. The predicted octanol–water partition coefficient (Wildman–Crippen LogP) is 15.8. The highest BCUT2D eigenvalue weighted by Crippen LogP contribution is 2.49. The number of rotatable bonds is 6. The first kappa shape index (κ1) is 34.0. The molecule has 0 aliphatic carbocycles. The predicted molar refractivity (Wildman–Crippen MR) is 248 cm³/mol. The maximum absolute atomic E-state index is 6.35. The van der Waals surface area contributed by atoms with Gasteiger partial charge in [-0.3, -0.25) is 0 Å². The molecule has 1 aromatic heterocycles. The fourth-order valence-corrected chi connectivity index (χ4v) is 8.96. The number of nitrogens with zero attached hydrogens (tertiary/aromatic N) is 2. The lowest BCUT2D eigenvalue weighted by atomic mass is 9.98. The summed E-state index contributed by atoms with van der Waals surface area (Å²) in [7, 11) is 0. The van der Waals surface area contributed by atoms with Crippen molar-refractivity contribution in [1.82, 2.24) is 4.57 Å². The van der Waals surface area contributed by atoms with Gasteiger partial charge in [0.2, 0.25) is 0 Å². The summed E-state index contributed by atoms with van der Waals surface area (Å²) in [6.45, 7) is 0. The second-order valence-corrected chi connectivity index (χ2v) is 15.3. The second-order valence-electron chi connectivity index (χ2n) is 15.3. The summed E-state index contributed by atoms with van der Waals surface area (Å²) < 4.78 is 15.0. The van der Waals surface area contributed by atoms with Gasteiger partial charge in [-0.25, -0.2) is 0 Å². The van der Waals surface area contributed by atoms with Gasteiger partial charge in [-0.1, -0.05) is 146 Å². The molecule has 2 heterocycles. The van der Waals surface area contributed by atoms with Gasteiger partial charge in [0, 0.05) is 39.3 Å². The summed E-state index contributed by atoms with van der Waals surface area (Å²) in [6.07, 6.45) is 0. The quantitative estimate of drug-likeness (QED) is 0.158. The summed E-state index contributed by atoms with van der Waals surface area (Å²) in [5.74, 6) is 2.88. The van der Waals surface area contributed by atoms with Crippen molar-refractivity contribution in [1.29, 1.82) is 0 Å². The number of fused-ring (bicyclic) bond motifs is 8. The van der Waals surface area contributed by atoms with Crippen LogP contribution in [0, 0.1) is 0 Å². The summed E-state index contributed by atoms with van der Waals surface area (Å²) in [5, 5.41) is 7.19. The van der Waals surface area contributed by atoms with Crippen molar-refractivity contribution in [3.63, 3.8) is 0 Å². The molecule has 0 saturated carbocycles. The fourth-order valence-electron chi connectivity index (χ4n) is 8.96. The molecule has 0 saturated heterocycles. The molecule has 0 atom stereocenters. The second kappa shape index (κ2) is 13.8. The summed E-state index contributed by atoms with van der Waals surface area (Å²) in [5.41, 5.74) is 11.3. The van der Waals surface area contributed by atoms with E-state index in [1.54, 1.807) is 0 Å². The number of hydrogen-bond donors (Lipinski definition) is 0. The third-order valence-electron chi connectivity index (χ3n) is 11.8. The van der Waals surface area contributed by atoms with Crippen LogP contribution in [0.15, 0.2) is 218 Å². The van der Waals surface area contributed by atoms with Crippen LogP contribution < -0.4 is 14.4 Å². The van der Waals surface area contributed by atoms with Gasteiger partial charge in [0.25, 0.3) is 0 Å². The third-order valence-corrected chi connectivity index (χ3v) is 11.8. The van der Waals surface area contributed by atoms with Crippen molar-refractivity contribution >= 4 is 60.4 Å². The molecule has 4 heteroatoms. The summed E-state index contributed by atoms with van der Waals surface area (Å²) in [4.78, 5) is 2.39. The Labute approximate surface area is 347 Å². The van der Waals surface area contributed by atoms with Crippen LogP contribution in [0.2, 0.25) is 0 Å². The maximum atomic E-state index is 6.35. The van der Waals surface area contributed by atoms with Crippen LogP contribution in [-0.4, -0.2) is 4.57 Å². The van der Waals surface area contributed by atoms with Crippen molar-refractivity contribution < 1.29 is 9.47 Å². The minimum Gasteiger partial charge on any atom is -0.449 e. The molecule has 11 aromatic rings. The van der Waals surface area contributed by atoms with Crippen molar-refractivity contribution in [2.24, 2.45) is 0 Å². The standard InChI is InChI=1S/C56H36N2O2/c1-2-12-37(13-3-1)38-22-28-42(29-23-38)57(51-34-41-14-4-5-15-45(41)46-16-6-7-17-47(46)51)43-30-24-39(25-31-43)40-26-32-44(33-27-40)58-50-19-9-8-18-48(50)49-35-55-56(36-52(49)58)60-54-21-11-10-20-53(54)59-55/h1-36H. The molecular weight excluding hydrogens is 733 g/mol. The topological polar surface area (TPSA) is 26.6 Å². The van der Waals surface area contributed by atoms with E-state index in [4.69, 9.17) is 9.47 Å². The molecule has 0 radical (unpaired) electrons. The highest BCUT2D eigenvalue weighted by Gasteiger charge is 2.23. The minimum absolute atomic E-state index is 0.708. The number of hydrogen-bond acceptors (Lipinski definition) is 3. The van der Waals surface area contributed by atoms with Crippen molar-refractivity contribution in [3.05, 3.63) is 218 Å². The van der Waals surface area contributed by atoms with E-state index in [2.05, 4.69) is 204 Å². The van der Waals surface area contributed by atoms with E-state index in [1.165, 1.54) is 32.7 Å². The fraction of sp³-hybridized carbons (Fsp3) is 0. The van der Waals surface area contributed by atoms with E-state index in [9.17, 15) is 0 Å². The number of para-hydroxylation sites is 3. The number of aromatic nitrogens is 1. The van der Waals surface area contributed by atoms with E-state index >= 15 is 0 Å². The molecule has 0 bridgehead atoms. The zero-order valence-corrected chi connectivity index (χ0v) is 32.5. The molecular formula is C56H36N2O2. The molecule has 0 unspecified atom stereocenters. The molecule has 4 nitrogen and oxygen atoms in total. The molecule has 0 fully saturated rings. The van der Waals surface area contributed by atoms with Crippen molar-refractivity contribution in [3.8, 4) is 50.9 Å². The lowest BCUT2D eigenvalue weighted by molar-refractivity contribution is 0.360. The number of ether oxygens (including phenoxy) is 2. The van der Waals surface area contributed by atoms with E-state index < -0.39 is 0 Å². The largest absolute Gasteiger partial charge is 0.449 e. The van der Waals surface area contributed by atoms with E-state index in [0.717, 1.165) is 72.9 Å². The molecule has 60 heavy (non-hydrogen) atoms. The maximum Gasteiger partial charge on any atom is 0.172 e. The van der Waals surface area contributed by atoms with Crippen LogP contribution in [0.1, 0.15) is 0 Å². The molecule has 0 spiro atoms. The van der Waals surface area contributed by atoms with Crippen LogP contribution >= 0.6 is 0 Å². The zero-order valence-electron chi connectivity index (χ0n) is 32.5. The lowest BCUT2D eigenvalue weighted by Crippen LogP contribution is -2.10. The highest BCUT2D eigenvalue weighted by molar-refractivity contribution is 6.15.